The van der Waals surface area contributed by atoms with E-state index in [4.69, 9.17) is 0 Å². The first-order valence-electron chi connectivity index (χ1n) is 5.69. The minimum Gasteiger partial charge on any atom is -0.506 e. The second kappa shape index (κ2) is 7.49. The molecule has 1 aromatic carbocycles. The first-order chi connectivity index (χ1) is 8.97. The maximum absolute atomic E-state index is 11.3. The molecule has 1 rings (SSSR count). The van der Waals surface area contributed by atoms with Crippen LogP contribution in [0.1, 0.15) is 31.7 Å². The molecule has 0 fully saturated rings. The molecule has 0 heterocycles. The molecule has 1 amide bonds. The number of hydrazone groups is 1. The zero-order chi connectivity index (χ0) is 14.4. The molecule has 0 radical (unpaired) electrons. The number of amides is 1. The van der Waals surface area contributed by atoms with Crippen molar-refractivity contribution in [2.45, 2.75) is 26.2 Å². The molecule has 3 N–H and O–H groups in total. The molecule has 0 atom stereocenters. The molecule has 1 aromatic rings. The average molecular weight is 394 g/mol. The summed E-state index contributed by atoms with van der Waals surface area (Å²) < 4.78 is 0.580. The van der Waals surface area contributed by atoms with Crippen LogP contribution in [-0.2, 0) is 4.79 Å². The van der Waals surface area contributed by atoms with Crippen molar-refractivity contribution in [2.24, 2.45) is 5.10 Å². The van der Waals surface area contributed by atoms with E-state index < -0.39 is 0 Å². The van der Waals surface area contributed by atoms with Gasteiger partial charge in [0, 0.05) is 12.0 Å². The average Bonchev–Trinajstić information content (AvgIpc) is 2.39. The maximum Gasteiger partial charge on any atom is 0.240 e. The fourth-order valence-electron chi connectivity index (χ4n) is 1.28. The molecule has 0 aliphatic heterocycles. The third-order valence-corrected chi connectivity index (χ3v) is 3.70. The summed E-state index contributed by atoms with van der Waals surface area (Å²) in [5, 5.41) is 23.1. The molecule has 0 aliphatic carbocycles. The number of phenolic OH excluding ortho intramolecular Hbond substituents is 2. The first-order valence-corrected chi connectivity index (χ1v) is 7.27. The second-order valence-electron chi connectivity index (χ2n) is 3.86. The van der Waals surface area contributed by atoms with Gasteiger partial charge in [-0.15, -0.1) is 0 Å². The quantitative estimate of drug-likeness (QED) is 0.530. The number of phenols is 2. The third kappa shape index (κ3) is 4.50. The Kier molecular flexibility index (Phi) is 6.30. The van der Waals surface area contributed by atoms with Crippen molar-refractivity contribution in [3.05, 3.63) is 20.6 Å². The third-order valence-electron chi connectivity index (χ3n) is 2.35. The molecule has 0 aliphatic rings. The Hall–Kier alpha value is -1.08. The van der Waals surface area contributed by atoms with Crippen LogP contribution in [0.3, 0.4) is 0 Å². The smallest absolute Gasteiger partial charge is 0.240 e. The molecule has 0 spiro atoms. The monoisotopic (exact) mass is 392 g/mol. The Balaban J connectivity index is 2.75. The summed E-state index contributed by atoms with van der Waals surface area (Å²) in [6.45, 7) is 2.00. The van der Waals surface area contributed by atoms with Crippen molar-refractivity contribution in [2.75, 3.05) is 0 Å². The van der Waals surface area contributed by atoms with E-state index in [1.165, 1.54) is 12.3 Å². The Bertz CT molecular complexity index is 504. The van der Waals surface area contributed by atoms with Gasteiger partial charge in [-0.05, 0) is 44.3 Å². The van der Waals surface area contributed by atoms with Gasteiger partial charge in [0.2, 0.25) is 5.91 Å². The van der Waals surface area contributed by atoms with E-state index in [1.54, 1.807) is 0 Å². The Morgan fingerprint density at radius 3 is 2.74 bits per heavy atom. The molecule has 0 unspecified atom stereocenters. The molecule has 104 valence electrons. The minimum absolute atomic E-state index is 0.0957. The van der Waals surface area contributed by atoms with Crippen LogP contribution >= 0.6 is 31.9 Å². The molecule has 0 aromatic heterocycles. The van der Waals surface area contributed by atoms with Gasteiger partial charge in [-0.25, -0.2) is 5.43 Å². The number of aromatic hydroxyl groups is 2. The van der Waals surface area contributed by atoms with Crippen LogP contribution in [0.4, 0.5) is 0 Å². The predicted molar refractivity (Wildman–Crippen MR) is 80.4 cm³/mol. The van der Waals surface area contributed by atoms with Crippen LogP contribution in [0.25, 0.3) is 0 Å². The van der Waals surface area contributed by atoms with Crippen molar-refractivity contribution < 1.29 is 15.0 Å². The van der Waals surface area contributed by atoms with Gasteiger partial charge in [0.1, 0.15) is 16.0 Å². The zero-order valence-electron chi connectivity index (χ0n) is 10.3. The normalized spacial score (nSPS) is 10.9. The van der Waals surface area contributed by atoms with Gasteiger partial charge in [-0.3, -0.25) is 4.79 Å². The summed E-state index contributed by atoms with van der Waals surface area (Å²) in [7, 11) is 0. The number of carbonyl (C=O) groups excluding carboxylic acids is 1. The lowest BCUT2D eigenvalue weighted by molar-refractivity contribution is -0.121. The van der Waals surface area contributed by atoms with Crippen molar-refractivity contribution in [1.29, 1.82) is 0 Å². The number of rotatable bonds is 5. The van der Waals surface area contributed by atoms with E-state index in [9.17, 15) is 15.0 Å². The van der Waals surface area contributed by atoms with Crippen LogP contribution < -0.4 is 5.43 Å². The van der Waals surface area contributed by atoms with Gasteiger partial charge in [0.05, 0.1) is 10.7 Å². The van der Waals surface area contributed by atoms with Crippen LogP contribution in [0, 0.1) is 0 Å². The van der Waals surface area contributed by atoms with Gasteiger partial charge in [-0.2, -0.15) is 5.10 Å². The van der Waals surface area contributed by atoms with Crippen LogP contribution in [0.2, 0.25) is 0 Å². The van der Waals surface area contributed by atoms with Gasteiger partial charge in [-0.1, -0.05) is 13.3 Å². The fraction of sp³-hybridized carbons (Fsp3) is 0.333. The molecule has 0 bridgehead atoms. The summed E-state index contributed by atoms with van der Waals surface area (Å²) in [5.41, 5.74) is 2.74. The Labute approximate surface area is 128 Å². The fourth-order valence-corrected chi connectivity index (χ4v) is 2.44. The van der Waals surface area contributed by atoms with Gasteiger partial charge in [0.25, 0.3) is 0 Å². The molecule has 5 nitrogen and oxygen atoms in total. The number of halogens is 2. The van der Waals surface area contributed by atoms with Crippen LogP contribution in [0.15, 0.2) is 20.1 Å². The number of benzene rings is 1. The van der Waals surface area contributed by atoms with Crippen molar-refractivity contribution in [3.8, 4) is 11.5 Å². The molecule has 0 saturated heterocycles. The summed E-state index contributed by atoms with van der Waals surface area (Å²) in [4.78, 5) is 11.3. The maximum atomic E-state index is 11.3. The number of carbonyl (C=O) groups is 1. The number of hydrogen-bond donors (Lipinski definition) is 3. The number of nitrogens with one attached hydrogen (secondary N) is 1. The standard InChI is InChI=1S/C12H14Br2N2O3/c1-2-3-4-9(17)16-15-6-7-5-8(13)12(19)10(14)11(7)18/h5-6,18-19H,2-4H2,1H3,(H,16,17)/b15-6+. The van der Waals surface area contributed by atoms with E-state index >= 15 is 0 Å². The van der Waals surface area contributed by atoms with Gasteiger partial charge >= 0.3 is 0 Å². The molecule has 0 saturated carbocycles. The molecule has 19 heavy (non-hydrogen) atoms. The van der Waals surface area contributed by atoms with Crippen LogP contribution in [-0.4, -0.2) is 22.3 Å². The van der Waals surface area contributed by atoms with Gasteiger partial charge < -0.3 is 10.2 Å². The van der Waals surface area contributed by atoms with Crippen LogP contribution in [0.5, 0.6) is 11.5 Å². The first kappa shape index (κ1) is 16.0. The highest BCUT2D eigenvalue weighted by molar-refractivity contribution is 9.11. The highest BCUT2D eigenvalue weighted by Gasteiger charge is 2.12. The topological polar surface area (TPSA) is 81.9 Å². The lowest BCUT2D eigenvalue weighted by Gasteiger charge is -2.06. The summed E-state index contributed by atoms with van der Waals surface area (Å²) in [6.07, 6.45) is 3.48. The zero-order valence-corrected chi connectivity index (χ0v) is 13.5. The number of hydrogen-bond acceptors (Lipinski definition) is 4. The van der Waals surface area contributed by atoms with Gasteiger partial charge in [0.15, 0.2) is 0 Å². The van der Waals surface area contributed by atoms with Crippen molar-refractivity contribution in [1.82, 2.24) is 5.43 Å². The summed E-state index contributed by atoms with van der Waals surface area (Å²) in [5.74, 6) is -0.414. The van der Waals surface area contributed by atoms with E-state index in [1.807, 2.05) is 6.92 Å². The highest BCUT2D eigenvalue weighted by Crippen LogP contribution is 2.40. The predicted octanol–water partition coefficient (Wildman–Crippen LogP) is 3.26. The van der Waals surface area contributed by atoms with Crippen molar-refractivity contribution >= 4 is 44.0 Å². The van der Waals surface area contributed by atoms with E-state index in [0.717, 1.165) is 12.8 Å². The lowest BCUT2D eigenvalue weighted by Crippen LogP contribution is -2.16. The highest BCUT2D eigenvalue weighted by atomic mass is 79.9. The van der Waals surface area contributed by atoms with E-state index in [2.05, 4.69) is 42.4 Å². The molecule has 7 heteroatoms. The molecular weight excluding hydrogens is 380 g/mol. The second-order valence-corrected chi connectivity index (χ2v) is 5.50. The summed E-state index contributed by atoms with van der Waals surface area (Å²) >= 11 is 6.20. The summed E-state index contributed by atoms with van der Waals surface area (Å²) in [6, 6.07) is 1.50. The Morgan fingerprint density at radius 1 is 1.42 bits per heavy atom. The van der Waals surface area contributed by atoms with E-state index in [-0.39, 0.29) is 21.9 Å². The lowest BCUT2D eigenvalue weighted by atomic mass is 10.2. The largest absolute Gasteiger partial charge is 0.506 e. The number of unbranched alkanes of at least 4 members (excludes halogenated alkanes) is 1. The number of nitrogens with zero attached hydrogens (tertiary/aromatic N) is 1. The molecular formula is C12H14Br2N2O3. The van der Waals surface area contributed by atoms with Crippen molar-refractivity contribution in [3.63, 3.8) is 0 Å². The Morgan fingerprint density at radius 2 is 2.11 bits per heavy atom. The van der Waals surface area contributed by atoms with E-state index in [0.29, 0.717) is 16.5 Å². The SMILES string of the molecule is CCCCC(=O)N/N=C/c1cc(Br)c(O)c(Br)c1O. The minimum atomic E-state index is -0.172.